The number of nitrogens with one attached hydrogen (secondary N) is 1. The van der Waals surface area contributed by atoms with Gasteiger partial charge in [-0.05, 0) is 20.8 Å². The van der Waals surface area contributed by atoms with Gasteiger partial charge in [0.1, 0.15) is 6.04 Å². The average Bonchev–Trinajstić information content (AvgIpc) is 2.41. The number of amides is 1. The molecule has 0 aliphatic heterocycles. The van der Waals surface area contributed by atoms with E-state index in [1.54, 1.807) is 26.0 Å². The molecule has 1 unspecified atom stereocenters. The van der Waals surface area contributed by atoms with Gasteiger partial charge in [0.05, 0.1) is 6.61 Å². The number of carbonyl (C=O) groups is 2. The van der Waals surface area contributed by atoms with Crippen molar-refractivity contribution < 1.29 is 14.3 Å². The van der Waals surface area contributed by atoms with Crippen molar-refractivity contribution in [3.63, 3.8) is 0 Å². The predicted molar refractivity (Wildman–Crippen MR) is 83.3 cm³/mol. The molecule has 0 aliphatic carbocycles. The van der Waals surface area contributed by atoms with Crippen LogP contribution in [0.4, 0.5) is 0 Å². The average molecular weight is 281 g/mol. The van der Waals surface area contributed by atoms with E-state index in [1.807, 2.05) is 32.9 Å². The summed E-state index contributed by atoms with van der Waals surface area (Å²) in [6.45, 7) is 13.1. The highest BCUT2D eigenvalue weighted by Crippen LogP contribution is 1.97. The quantitative estimate of drug-likeness (QED) is 0.576. The largest absolute Gasteiger partial charge is 0.464 e. The number of allylic oxidation sites excluding steroid dienone is 4. The molecule has 4 nitrogen and oxygen atoms in total. The molecule has 0 radical (unpaired) electrons. The molecule has 0 fully saturated rings. The Morgan fingerprint density at radius 2 is 1.95 bits per heavy atom. The third-order valence-corrected chi connectivity index (χ3v) is 2.08. The lowest BCUT2D eigenvalue weighted by atomic mass is 10.2. The molecule has 0 heterocycles. The summed E-state index contributed by atoms with van der Waals surface area (Å²) in [6.07, 6.45) is 7.32. The van der Waals surface area contributed by atoms with Gasteiger partial charge in [-0.25, -0.2) is 4.79 Å². The van der Waals surface area contributed by atoms with Gasteiger partial charge in [-0.2, -0.15) is 0 Å². The van der Waals surface area contributed by atoms with Crippen LogP contribution in [-0.4, -0.2) is 24.5 Å². The predicted octanol–water partition coefficient (Wildman–Crippen LogP) is 3.16. The fourth-order valence-electron chi connectivity index (χ4n) is 1.22. The standard InChI is InChI=1S/C14H21NO3.C2H6/c1-5-8-11(3)9-7-10-13(16)15-12(4)14(17)18-6-2;1-2/h5,7-9,12H,1,6,10H2,2-4H3,(H,15,16);1-2H3/b9-7-,11-8-;. The van der Waals surface area contributed by atoms with Gasteiger partial charge in [0.15, 0.2) is 0 Å². The maximum Gasteiger partial charge on any atom is 0.328 e. The molecule has 0 aromatic carbocycles. The van der Waals surface area contributed by atoms with E-state index in [9.17, 15) is 9.59 Å². The first-order chi connectivity index (χ1) is 9.51. The molecule has 1 amide bonds. The van der Waals surface area contributed by atoms with Crippen molar-refractivity contribution in [2.75, 3.05) is 6.61 Å². The van der Waals surface area contributed by atoms with Gasteiger partial charge in [-0.1, -0.05) is 50.3 Å². The minimum atomic E-state index is -0.615. The first-order valence-corrected chi connectivity index (χ1v) is 6.93. The van der Waals surface area contributed by atoms with Gasteiger partial charge < -0.3 is 10.1 Å². The number of carbonyl (C=O) groups excluding carboxylic acids is 2. The van der Waals surface area contributed by atoms with E-state index in [1.165, 1.54) is 0 Å². The summed E-state index contributed by atoms with van der Waals surface area (Å²) in [6, 6.07) is -0.615. The molecular formula is C16H27NO3. The monoisotopic (exact) mass is 281 g/mol. The second kappa shape index (κ2) is 13.6. The van der Waals surface area contributed by atoms with Gasteiger partial charge in [0.2, 0.25) is 5.91 Å². The van der Waals surface area contributed by atoms with E-state index in [0.717, 1.165) is 5.57 Å². The van der Waals surface area contributed by atoms with Crippen LogP contribution < -0.4 is 5.32 Å². The molecule has 0 bridgehead atoms. The van der Waals surface area contributed by atoms with Crippen molar-refractivity contribution in [2.45, 2.75) is 47.1 Å². The molecular weight excluding hydrogens is 254 g/mol. The maximum absolute atomic E-state index is 11.5. The van der Waals surface area contributed by atoms with Gasteiger partial charge in [-0.15, -0.1) is 0 Å². The number of rotatable bonds is 7. The number of esters is 1. The van der Waals surface area contributed by atoms with Gasteiger partial charge >= 0.3 is 5.97 Å². The number of ether oxygens (including phenoxy) is 1. The van der Waals surface area contributed by atoms with E-state index < -0.39 is 12.0 Å². The fraction of sp³-hybridized carbons (Fsp3) is 0.500. The van der Waals surface area contributed by atoms with Crippen molar-refractivity contribution in [1.29, 1.82) is 0 Å². The van der Waals surface area contributed by atoms with Crippen LogP contribution in [0, 0.1) is 0 Å². The van der Waals surface area contributed by atoms with Gasteiger partial charge in [0, 0.05) is 6.42 Å². The molecule has 4 heteroatoms. The van der Waals surface area contributed by atoms with E-state index in [0.29, 0.717) is 6.61 Å². The summed E-state index contributed by atoms with van der Waals surface area (Å²) in [5.74, 6) is -0.629. The summed E-state index contributed by atoms with van der Waals surface area (Å²) in [5.41, 5.74) is 1.01. The van der Waals surface area contributed by atoms with Crippen molar-refractivity contribution >= 4 is 11.9 Å². The molecule has 20 heavy (non-hydrogen) atoms. The van der Waals surface area contributed by atoms with Crippen LogP contribution in [0.25, 0.3) is 0 Å². The highest BCUT2D eigenvalue weighted by atomic mass is 16.5. The molecule has 0 aliphatic rings. The third-order valence-electron chi connectivity index (χ3n) is 2.08. The van der Waals surface area contributed by atoms with E-state index in [4.69, 9.17) is 4.74 Å². The molecule has 0 aromatic heterocycles. The lowest BCUT2D eigenvalue weighted by Gasteiger charge is -2.11. The zero-order valence-electron chi connectivity index (χ0n) is 13.2. The Balaban J connectivity index is 0. The van der Waals surface area contributed by atoms with Crippen LogP contribution in [0.3, 0.4) is 0 Å². The zero-order chi connectivity index (χ0) is 16.0. The second-order valence-electron chi connectivity index (χ2n) is 3.79. The first-order valence-electron chi connectivity index (χ1n) is 6.93. The number of hydrogen-bond donors (Lipinski definition) is 1. The minimum absolute atomic E-state index is 0.210. The smallest absolute Gasteiger partial charge is 0.328 e. The second-order valence-corrected chi connectivity index (χ2v) is 3.79. The molecule has 1 N–H and O–H groups in total. The van der Waals surface area contributed by atoms with Crippen molar-refractivity contribution in [3.05, 3.63) is 36.5 Å². The molecule has 0 saturated carbocycles. The summed E-state index contributed by atoms with van der Waals surface area (Å²) < 4.78 is 4.79. The maximum atomic E-state index is 11.5. The van der Waals surface area contributed by atoms with Gasteiger partial charge in [0.25, 0.3) is 0 Å². The normalized spacial score (nSPS) is 12.2. The molecule has 0 saturated heterocycles. The topological polar surface area (TPSA) is 55.4 Å². The Morgan fingerprint density at radius 3 is 2.45 bits per heavy atom. The SMILES string of the molecule is C=C/C=C(C)\C=C/CC(=O)NC(C)C(=O)OCC.CC. The molecule has 0 aromatic rings. The fourth-order valence-corrected chi connectivity index (χ4v) is 1.22. The van der Waals surface area contributed by atoms with E-state index in [-0.39, 0.29) is 12.3 Å². The van der Waals surface area contributed by atoms with E-state index in [2.05, 4.69) is 11.9 Å². The Labute approximate surface area is 122 Å². The van der Waals surface area contributed by atoms with Crippen LogP contribution in [0.1, 0.15) is 41.0 Å². The van der Waals surface area contributed by atoms with Gasteiger partial charge in [-0.3, -0.25) is 4.79 Å². The molecule has 0 rings (SSSR count). The van der Waals surface area contributed by atoms with Crippen molar-refractivity contribution in [3.8, 4) is 0 Å². The van der Waals surface area contributed by atoms with Crippen LogP contribution in [0.15, 0.2) is 36.5 Å². The Morgan fingerprint density at radius 1 is 1.35 bits per heavy atom. The van der Waals surface area contributed by atoms with E-state index >= 15 is 0 Å². The summed E-state index contributed by atoms with van der Waals surface area (Å²) in [5, 5.41) is 2.57. The minimum Gasteiger partial charge on any atom is -0.464 e. The highest BCUT2D eigenvalue weighted by molar-refractivity contribution is 5.84. The van der Waals surface area contributed by atoms with Crippen LogP contribution in [0.2, 0.25) is 0 Å². The first kappa shape index (κ1) is 20.5. The Kier molecular flexibility index (Phi) is 13.9. The third kappa shape index (κ3) is 11.3. The zero-order valence-corrected chi connectivity index (χ0v) is 13.2. The summed E-state index contributed by atoms with van der Waals surface area (Å²) in [7, 11) is 0. The van der Waals surface area contributed by atoms with Crippen LogP contribution in [0.5, 0.6) is 0 Å². The van der Waals surface area contributed by atoms with Crippen molar-refractivity contribution in [2.24, 2.45) is 0 Å². The lowest BCUT2D eigenvalue weighted by Crippen LogP contribution is -2.39. The Hall–Kier alpha value is -1.84. The molecule has 114 valence electrons. The number of hydrogen-bond acceptors (Lipinski definition) is 3. The van der Waals surface area contributed by atoms with Crippen LogP contribution >= 0.6 is 0 Å². The summed E-state index contributed by atoms with van der Waals surface area (Å²) >= 11 is 0. The Bertz CT molecular complexity index is 357. The highest BCUT2D eigenvalue weighted by Gasteiger charge is 2.15. The van der Waals surface area contributed by atoms with Crippen LogP contribution in [-0.2, 0) is 14.3 Å². The molecule has 1 atom stereocenters. The molecule has 0 spiro atoms. The van der Waals surface area contributed by atoms with Crippen molar-refractivity contribution in [1.82, 2.24) is 5.32 Å². The lowest BCUT2D eigenvalue weighted by molar-refractivity contribution is -0.146. The summed E-state index contributed by atoms with van der Waals surface area (Å²) in [4.78, 5) is 22.8.